The lowest BCUT2D eigenvalue weighted by molar-refractivity contribution is -0.123. The molecule has 0 radical (unpaired) electrons. The summed E-state index contributed by atoms with van der Waals surface area (Å²) in [5, 5.41) is 10.7. The van der Waals surface area contributed by atoms with E-state index < -0.39 is 0 Å². The van der Waals surface area contributed by atoms with E-state index in [1.54, 1.807) is 36.4 Å². The average Bonchev–Trinajstić information content (AvgIpc) is 3.11. The van der Waals surface area contributed by atoms with Gasteiger partial charge in [0.2, 0.25) is 5.78 Å². The van der Waals surface area contributed by atoms with Gasteiger partial charge in [0.15, 0.2) is 5.75 Å². The molecule has 0 aliphatic rings. The Hall–Kier alpha value is -3.90. The number of thiophene rings is 1. The summed E-state index contributed by atoms with van der Waals surface area (Å²) in [7, 11) is 0. The first-order valence-electron chi connectivity index (χ1n) is 10.3. The van der Waals surface area contributed by atoms with Crippen molar-refractivity contribution < 1.29 is 24.2 Å². The van der Waals surface area contributed by atoms with E-state index in [0.717, 1.165) is 32.3 Å². The van der Waals surface area contributed by atoms with Gasteiger partial charge in [-0.15, -0.1) is 11.3 Å². The second kappa shape index (κ2) is 9.30. The maximum atomic E-state index is 13.7. The summed E-state index contributed by atoms with van der Waals surface area (Å²) >= 11 is 1.30. The van der Waals surface area contributed by atoms with E-state index in [1.165, 1.54) is 17.6 Å². The lowest BCUT2D eigenvalue weighted by Gasteiger charge is -2.12. The van der Waals surface area contributed by atoms with Crippen molar-refractivity contribution in [3.8, 4) is 17.2 Å². The molecule has 166 valence electrons. The smallest absolute Gasteiger partial charge is 0.297 e. The Morgan fingerprint density at radius 2 is 1.67 bits per heavy atom. The molecule has 0 atom stereocenters. The molecule has 0 saturated heterocycles. The van der Waals surface area contributed by atoms with E-state index in [4.69, 9.17) is 4.74 Å². The number of ketones is 1. The van der Waals surface area contributed by atoms with Gasteiger partial charge >= 0.3 is 0 Å². The van der Waals surface area contributed by atoms with Crippen LogP contribution in [-0.4, -0.2) is 17.4 Å². The minimum absolute atomic E-state index is 0.105. The molecule has 0 unspecified atom stereocenters. The monoisotopic (exact) mass is 458 g/mol. The van der Waals surface area contributed by atoms with Gasteiger partial charge in [-0.25, -0.2) is 0 Å². The molecule has 1 heterocycles. The van der Waals surface area contributed by atoms with Gasteiger partial charge in [0, 0.05) is 15.6 Å². The number of aryl methyl sites for hydroxylation is 3. The highest BCUT2D eigenvalue weighted by Crippen LogP contribution is 2.43. The van der Waals surface area contributed by atoms with Gasteiger partial charge in [-0.3, -0.25) is 9.59 Å². The van der Waals surface area contributed by atoms with Gasteiger partial charge in [-0.2, -0.15) is 0 Å². The van der Waals surface area contributed by atoms with E-state index in [1.807, 2.05) is 45.0 Å². The van der Waals surface area contributed by atoms with Crippen molar-refractivity contribution in [3.05, 3.63) is 93.6 Å². The molecule has 1 aromatic heterocycles. The molecule has 0 spiro atoms. The molecule has 3 aromatic carbocycles. The van der Waals surface area contributed by atoms with Crippen LogP contribution in [0.2, 0.25) is 0 Å². The predicted octanol–water partition coefficient (Wildman–Crippen LogP) is 6.70. The second-order valence-corrected chi connectivity index (χ2v) is 8.80. The van der Waals surface area contributed by atoms with Crippen LogP contribution < -0.4 is 4.74 Å². The SMILES string of the molecule is Cc1cc(C)c(C(=O)c2sc3cc(O)ccc3c2Oc2ccc(/C=C/OC=O)cc2)c(C)c1. The molecule has 0 amide bonds. The van der Waals surface area contributed by atoms with E-state index in [2.05, 4.69) is 4.74 Å². The number of carbonyl (C=O) groups excluding carboxylic acids is 2. The van der Waals surface area contributed by atoms with Crippen LogP contribution in [0.25, 0.3) is 16.2 Å². The van der Waals surface area contributed by atoms with Crippen molar-refractivity contribution in [2.75, 3.05) is 0 Å². The molecular weight excluding hydrogens is 436 g/mol. The Morgan fingerprint density at radius 1 is 0.970 bits per heavy atom. The van der Waals surface area contributed by atoms with Crippen molar-refractivity contribution in [2.24, 2.45) is 0 Å². The first-order chi connectivity index (χ1) is 15.9. The number of phenolic OH excluding ortho intramolecular Hbond substituents is 1. The van der Waals surface area contributed by atoms with Gasteiger partial charge in [0.1, 0.15) is 16.4 Å². The summed E-state index contributed by atoms with van der Waals surface area (Å²) in [6, 6.07) is 16.2. The van der Waals surface area contributed by atoms with Crippen molar-refractivity contribution in [2.45, 2.75) is 20.8 Å². The van der Waals surface area contributed by atoms with Crippen LogP contribution in [-0.2, 0) is 9.53 Å². The van der Waals surface area contributed by atoms with Crippen LogP contribution in [0.4, 0.5) is 0 Å². The molecular formula is C27H22O5S. The van der Waals surface area contributed by atoms with Gasteiger partial charge in [-0.1, -0.05) is 29.8 Å². The van der Waals surface area contributed by atoms with E-state index in [0.29, 0.717) is 28.4 Å². The zero-order valence-corrected chi connectivity index (χ0v) is 19.2. The molecule has 5 nitrogen and oxygen atoms in total. The number of rotatable bonds is 7. The van der Waals surface area contributed by atoms with Crippen LogP contribution in [0.15, 0.2) is 60.9 Å². The second-order valence-electron chi connectivity index (χ2n) is 7.75. The lowest BCUT2D eigenvalue weighted by Crippen LogP contribution is -2.06. The summed E-state index contributed by atoms with van der Waals surface area (Å²) < 4.78 is 11.6. The number of hydrogen-bond acceptors (Lipinski definition) is 6. The van der Waals surface area contributed by atoms with Crippen molar-refractivity contribution >= 4 is 39.8 Å². The molecule has 0 bridgehead atoms. The number of hydrogen-bond donors (Lipinski definition) is 1. The van der Waals surface area contributed by atoms with Crippen LogP contribution in [0.5, 0.6) is 17.2 Å². The predicted molar refractivity (Wildman–Crippen MR) is 130 cm³/mol. The van der Waals surface area contributed by atoms with Crippen LogP contribution in [0, 0.1) is 20.8 Å². The topological polar surface area (TPSA) is 72.8 Å². The zero-order valence-electron chi connectivity index (χ0n) is 18.4. The molecule has 6 heteroatoms. The summed E-state index contributed by atoms with van der Waals surface area (Å²) in [4.78, 5) is 24.4. The van der Waals surface area contributed by atoms with Crippen LogP contribution in [0.3, 0.4) is 0 Å². The summed E-state index contributed by atoms with van der Waals surface area (Å²) in [5.74, 6) is 1.05. The highest BCUT2D eigenvalue weighted by molar-refractivity contribution is 7.21. The standard InChI is InChI=1S/C27H22O5S/c1-16-12-17(2)24(18(3)13-16)25(30)27-26(22-9-6-20(29)14-23(22)33-27)32-21-7-4-19(5-8-21)10-11-31-15-28/h4-15,29H,1-3H3/b11-10+. The van der Waals surface area contributed by atoms with Crippen molar-refractivity contribution in [1.29, 1.82) is 0 Å². The molecule has 1 N–H and O–H groups in total. The maximum Gasteiger partial charge on any atom is 0.297 e. The fourth-order valence-electron chi connectivity index (χ4n) is 3.88. The summed E-state index contributed by atoms with van der Waals surface area (Å²) in [6.07, 6.45) is 2.95. The molecule has 0 fully saturated rings. The molecule has 0 saturated carbocycles. The van der Waals surface area contributed by atoms with Gasteiger partial charge < -0.3 is 14.6 Å². The third-order valence-corrected chi connectivity index (χ3v) is 6.37. The number of carbonyl (C=O) groups is 2. The Kier molecular flexibility index (Phi) is 6.29. The first kappa shape index (κ1) is 22.3. The maximum absolute atomic E-state index is 13.7. The van der Waals surface area contributed by atoms with Crippen molar-refractivity contribution in [1.82, 2.24) is 0 Å². The van der Waals surface area contributed by atoms with E-state index in [9.17, 15) is 14.7 Å². The normalized spacial score (nSPS) is 11.1. The highest BCUT2D eigenvalue weighted by Gasteiger charge is 2.24. The molecule has 0 aliphatic heterocycles. The zero-order chi connectivity index (χ0) is 23.5. The van der Waals surface area contributed by atoms with E-state index >= 15 is 0 Å². The van der Waals surface area contributed by atoms with Crippen LogP contribution >= 0.6 is 11.3 Å². The largest absolute Gasteiger partial charge is 0.508 e. The minimum atomic E-state index is -0.105. The Morgan fingerprint density at radius 3 is 2.33 bits per heavy atom. The van der Waals surface area contributed by atoms with E-state index in [-0.39, 0.29) is 11.5 Å². The molecule has 33 heavy (non-hydrogen) atoms. The molecule has 0 aliphatic carbocycles. The quantitative estimate of drug-likeness (QED) is 0.190. The third kappa shape index (κ3) is 4.66. The number of benzene rings is 3. The van der Waals surface area contributed by atoms with Gasteiger partial charge in [0.25, 0.3) is 6.47 Å². The van der Waals surface area contributed by atoms with Crippen molar-refractivity contribution in [3.63, 3.8) is 0 Å². The minimum Gasteiger partial charge on any atom is -0.508 e. The summed E-state index contributed by atoms with van der Waals surface area (Å²) in [6.45, 7) is 6.24. The third-order valence-electron chi connectivity index (χ3n) is 5.23. The molecule has 4 aromatic rings. The Bertz CT molecular complexity index is 1360. The molecule has 4 rings (SSSR count). The van der Waals surface area contributed by atoms with Gasteiger partial charge in [-0.05, 0) is 73.9 Å². The van der Waals surface area contributed by atoms with Gasteiger partial charge in [0.05, 0.1) is 6.26 Å². The first-order valence-corrected chi connectivity index (χ1v) is 11.1. The summed E-state index contributed by atoms with van der Waals surface area (Å²) in [5.41, 5.74) is 4.42. The Balaban J connectivity index is 1.77. The average molecular weight is 459 g/mol. The fraction of sp³-hybridized carbons (Fsp3) is 0.111. The lowest BCUT2D eigenvalue weighted by atomic mass is 9.95. The number of ether oxygens (including phenoxy) is 2. The number of fused-ring (bicyclic) bond motifs is 1. The number of aromatic hydroxyl groups is 1. The fourth-order valence-corrected chi connectivity index (χ4v) is 4.99. The number of phenols is 1. The van der Waals surface area contributed by atoms with Crippen LogP contribution in [0.1, 0.15) is 37.5 Å². The Labute approximate surface area is 195 Å². The highest BCUT2D eigenvalue weighted by atomic mass is 32.1.